The molecule has 1 amide bonds. The predicted molar refractivity (Wildman–Crippen MR) is 112 cm³/mol. The lowest BCUT2D eigenvalue weighted by molar-refractivity contribution is 0.0929. The summed E-state index contributed by atoms with van der Waals surface area (Å²) in [5, 5.41) is 18.4. The lowest BCUT2D eigenvalue weighted by Crippen LogP contribution is -2.27. The van der Waals surface area contributed by atoms with Crippen LogP contribution in [0.2, 0.25) is 0 Å². The first-order valence-corrected chi connectivity index (χ1v) is 9.91. The van der Waals surface area contributed by atoms with E-state index in [0.29, 0.717) is 11.4 Å². The number of carbonyl (C=O) groups excluding carboxylic acids is 1. The van der Waals surface area contributed by atoms with E-state index in [9.17, 15) is 4.79 Å². The first-order chi connectivity index (χ1) is 14.2. The number of thiophene rings is 1. The van der Waals surface area contributed by atoms with Gasteiger partial charge in [-0.2, -0.15) is 5.26 Å². The number of hydrogen-bond donors (Lipinski definition) is 1. The second kappa shape index (κ2) is 8.09. The Kier molecular flexibility index (Phi) is 5.18. The molecule has 4 aromatic rings. The van der Waals surface area contributed by atoms with Gasteiger partial charge in [0, 0.05) is 0 Å². The first-order valence-electron chi connectivity index (χ1n) is 9.03. The van der Waals surface area contributed by atoms with E-state index in [1.54, 1.807) is 22.9 Å². The minimum atomic E-state index is -0.368. The molecule has 29 heavy (non-hydrogen) atoms. The highest BCUT2D eigenvalue weighted by atomic mass is 32.1. The van der Waals surface area contributed by atoms with Crippen molar-refractivity contribution in [2.24, 2.45) is 0 Å². The molecule has 1 N–H and O–H groups in total. The minimum Gasteiger partial charge on any atom is -0.343 e. The third-order valence-corrected chi connectivity index (χ3v) is 5.28. The molecule has 0 fully saturated rings. The molecule has 0 saturated heterocycles. The standard InChI is InChI=1S/C22H17N5OS/c1-15(17-8-5-7-16(13-17)14-23)24-22(28)20-25-21(19-11-6-12-29-19)27(26-20)18-9-3-2-4-10-18/h2-13,15H,1H3,(H,24,28)/t15-/m0/s1. The summed E-state index contributed by atoms with van der Waals surface area (Å²) in [6.07, 6.45) is 0. The van der Waals surface area contributed by atoms with Gasteiger partial charge in [-0.25, -0.2) is 9.67 Å². The average Bonchev–Trinajstić information content (AvgIpc) is 3.44. The van der Waals surface area contributed by atoms with Gasteiger partial charge in [0.2, 0.25) is 5.82 Å². The Morgan fingerprint density at radius 2 is 1.97 bits per heavy atom. The zero-order valence-corrected chi connectivity index (χ0v) is 16.4. The molecule has 2 aromatic carbocycles. The molecular weight excluding hydrogens is 382 g/mol. The van der Waals surface area contributed by atoms with Crippen molar-refractivity contribution in [3.05, 3.63) is 89.1 Å². The molecule has 0 bridgehead atoms. The van der Waals surface area contributed by atoms with Gasteiger partial charge in [0.05, 0.1) is 28.2 Å². The number of rotatable bonds is 5. The summed E-state index contributed by atoms with van der Waals surface area (Å²) >= 11 is 1.54. The molecule has 0 aliphatic rings. The van der Waals surface area contributed by atoms with Crippen molar-refractivity contribution in [3.63, 3.8) is 0 Å². The van der Waals surface area contributed by atoms with E-state index in [0.717, 1.165) is 16.1 Å². The van der Waals surface area contributed by atoms with Crippen molar-refractivity contribution >= 4 is 17.2 Å². The minimum absolute atomic E-state index is 0.0977. The highest BCUT2D eigenvalue weighted by Gasteiger charge is 2.21. The SMILES string of the molecule is C[C@H](NC(=O)c1nc(-c2cccs2)n(-c2ccccc2)n1)c1cccc(C#N)c1. The number of nitrogens with zero attached hydrogens (tertiary/aromatic N) is 4. The Morgan fingerprint density at radius 3 is 2.69 bits per heavy atom. The Morgan fingerprint density at radius 1 is 1.14 bits per heavy atom. The highest BCUT2D eigenvalue weighted by molar-refractivity contribution is 7.13. The smallest absolute Gasteiger partial charge is 0.291 e. The van der Waals surface area contributed by atoms with Crippen LogP contribution in [0.5, 0.6) is 0 Å². The van der Waals surface area contributed by atoms with Crippen LogP contribution in [-0.4, -0.2) is 20.7 Å². The van der Waals surface area contributed by atoms with E-state index in [2.05, 4.69) is 21.5 Å². The Bertz CT molecular complexity index is 1180. The second-order valence-electron chi connectivity index (χ2n) is 6.42. The molecule has 0 radical (unpaired) electrons. The predicted octanol–water partition coefficient (Wildman–Crippen LogP) is 4.36. The summed E-state index contributed by atoms with van der Waals surface area (Å²) in [5.74, 6) is 0.350. The van der Waals surface area contributed by atoms with Crippen LogP contribution in [0.1, 0.15) is 34.7 Å². The van der Waals surface area contributed by atoms with Gasteiger partial charge >= 0.3 is 0 Å². The van der Waals surface area contributed by atoms with Gasteiger partial charge < -0.3 is 5.32 Å². The van der Waals surface area contributed by atoms with Gasteiger partial charge in [-0.05, 0) is 48.2 Å². The van der Waals surface area contributed by atoms with Gasteiger partial charge in [-0.1, -0.05) is 36.4 Å². The number of aromatic nitrogens is 3. The number of para-hydroxylation sites is 1. The summed E-state index contributed by atoms with van der Waals surface area (Å²) in [6.45, 7) is 1.86. The third-order valence-electron chi connectivity index (χ3n) is 4.42. The van der Waals surface area contributed by atoms with Crippen molar-refractivity contribution in [3.8, 4) is 22.5 Å². The van der Waals surface area contributed by atoms with Gasteiger partial charge in [0.15, 0.2) is 5.82 Å². The summed E-state index contributed by atoms with van der Waals surface area (Å²) in [5.41, 5.74) is 2.23. The van der Waals surface area contributed by atoms with E-state index in [4.69, 9.17) is 5.26 Å². The second-order valence-corrected chi connectivity index (χ2v) is 7.36. The van der Waals surface area contributed by atoms with Crippen LogP contribution in [-0.2, 0) is 0 Å². The zero-order chi connectivity index (χ0) is 20.2. The van der Waals surface area contributed by atoms with E-state index < -0.39 is 0 Å². The van der Waals surface area contributed by atoms with Gasteiger partial charge in [0.25, 0.3) is 5.91 Å². The molecule has 6 nitrogen and oxygen atoms in total. The number of carbonyl (C=O) groups is 1. The molecule has 0 saturated carbocycles. The number of benzene rings is 2. The molecule has 2 aromatic heterocycles. The topological polar surface area (TPSA) is 83.6 Å². The number of hydrogen-bond acceptors (Lipinski definition) is 5. The van der Waals surface area contributed by atoms with E-state index >= 15 is 0 Å². The van der Waals surface area contributed by atoms with Gasteiger partial charge in [0.1, 0.15) is 0 Å². The number of amides is 1. The molecule has 142 valence electrons. The monoisotopic (exact) mass is 399 g/mol. The van der Waals surface area contributed by atoms with E-state index in [-0.39, 0.29) is 17.8 Å². The van der Waals surface area contributed by atoms with Crippen molar-refractivity contribution in [2.45, 2.75) is 13.0 Å². The maximum Gasteiger partial charge on any atom is 0.291 e. The van der Waals surface area contributed by atoms with E-state index in [1.165, 1.54) is 11.3 Å². The largest absolute Gasteiger partial charge is 0.343 e. The molecule has 2 heterocycles. The van der Waals surface area contributed by atoms with Crippen LogP contribution in [0.3, 0.4) is 0 Å². The fourth-order valence-corrected chi connectivity index (χ4v) is 3.64. The summed E-state index contributed by atoms with van der Waals surface area (Å²) < 4.78 is 1.68. The summed E-state index contributed by atoms with van der Waals surface area (Å²) in [6, 6.07) is 22.5. The molecular formula is C22H17N5OS. The van der Waals surface area contributed by atoms with Crippen LogP contribution in [0.15, 0.2) is 72.1 Å². The van der Waals surface area contributed by atoms with Crippen LogP contribution >= 0.6 is 11.3 Å². The van der Waals surface area contributed by atoms with Crippen molar-refractivity contribution in [1.29, 1.82) is 5.26 Å². The number of nitrogens with one attached hydrogen (secondary N) is 1. The van der Waals surface area contributed by atoms with Crippen LogP contribution in [0.25, 0.3) is 16.4 Å². The maximum absolute atomic E-state index is 12.8. The number of nitriles is 1. The van der Waals surface area contributed by atoms with Crippen molar-refractivity contribution < 1.29 is 4.79 Å². The molecule has 7 heteroatoms. The molecule has 0 aliphatic carbocycles. The van der Waals surface area contributed by atoms with Gasteiger partial charge in [-0.3, -0.25) is 4.79 Å². The van der Waals surface area contributed by atoms with Crippen LogP contribution in [0, 0.1) is 11.3 Å². The quantitative estimate of drug-likeness (QED) is 0.540. The fraction of sp³-hybridized carbons (Fsp3) is 0.0909. The Hall–Kier alpha value is -3.76. The average molecular weight is 399 g/mol. The molecule has 0 spiro atoms. The first kappa shape index (κ1) is 18.6. The molecule has 1 atom stereocenters. The lowest BCUT2D eigenvalue weighted by atomic mass is 10.1. The molecule has 0 aliphatic heterocycles. The molecule has 4 rings (SSSR count). The zero-order valence-electron chi connectivity index (χ0n) is 15.6. The normalized spacial score (nSPS) is 11.6. The van der Waals surface area contributed by atoms with Crippen LogP contribution in [0.4, 0.5) is 0 Å². The fourth-order valence-electron chi connectivity index (χ4n) is 2.94. The maximum atomic E-state index is 12.8. The van der Waals surface area contributed by atoms with Gasteiger partial charge in [-0.15, -0.1) is 16.4 Å². The third kappa shape index (κ3) is 3.93. The Labute approximate surface area is 172 Å². The summed E-state index contributed by atoms with van der Waals surface area (Å²) in [7, 11) is 0. The van der Waals surface area contributed by atoms with Crippen molar-refractivity contribution in [2.75, 3.05) is 0 Å². The summed E-state index contributed by atoms with van der Waals surface area (Å²) in [4.78, 5) is 18.3. The van der Waals surface area contributed by atoms with Crippen molar-refractivity contribution in [1.82, 2.24) is 20.1 Å². The Balaban J connectivity index is 1.64. The highest BCUT2D eigenvalue weighted by Crippen LogP contribution is 2.25. The van der Waals surface area contributed by atoms with E-state index in [1.807, 2.05) is 60.8 Å². The van der Waals surface area contributed by atoms with Crippen LogP contribution < -0.4 is 5.32 Å². The lowest BCUT2D eigenvalue weighted by Gasteiger charge is -2.13. The molecule has 0 unspecified atom stereocenters.